The fourth-order valence-corrected chi connectivity index (χ4v) is 3.84. The molecule has 1 saturated carbocycles. The van der Waals surface area contributed by atoms with Crippen molar-refractivity contribution in [2.45, 2.75) is 71.5 Å². The summed E-state index contributed by atoms with van der Waals surface area (Å²) in [5, 5.41) is 4.58. The first kappa shape index (κ1) is 15.5. The number of hydrogen-bond donors (Lipinski definition) is 1. The summed E-state index contributed by atoms with van der Waals surface area (Å²) in [6, 6.07) is 1.53. The predicted octanol–water partition coefficient (Wildman–Crippen LogP) is 2.69. The molecule has 114 valence electrons. The number of nitrogens with zero attached hydrogens (tertiary/aromatic N) is 3. The van der Waals surface area contributed by atoms with Crippen LogP contribution in [0, 0.1) is 13.8 Å². The third kappa shape index (κ3) is 2.91. The van der Waals surface area contributed by atoms with E-state index in [1.54, 1.807) is 0 Å². The first-order valence-electron chi connectivity index (χ1n) is 7.97. The van der Waals surface area contributed by atoms with Crippen molar-refractivity contribution in [3.05, 3.63) is 17.0 Å². The van der Waals surface area contributed by atoms with E-state index in [0.717, 1.165) is 6.54 Å². The van der Waals surface area contributed by atoms with Gasteiger partial charge in [-0.2, -0.15) is 5.10 Å². The molecule has 1 unspecified atom stereocenters. The largest absolute Gasteiger partial charge is 0.328 e. The van der Waals surface area contributed by atoms with Gasteiger partial charge in [-0.1, -0.05) is 6.92 Å². The van der Waals surface area contributed by atoms with Gasteiger partial charge in [0.25, 0.3) is 0 Å². The van der Waals surface area contributed by atoms with Crippen molar-refractivity contribution in [2.75, 3.05) is 6.54 Å². The lowest BCUT2D eigenvalue weighted by atomic mass is 9.89. The normalized spacial score (nSPS) is 25.1. The molecule has 1 aliphatic rings. The van der Waals surface area contributed by atoms with Crippen molar-refractivity contribution < 1.29 is 0 Å². The van der Waals surface area contributed by atoms with Crippen LogP contribution in [0.1, 0.15) is 62.5 Å². The van der Waals surface area contributed by atoms with E-state index in [9.17, 15) is 0 Å². The van der Waals surface area contributed by atoms with Gasteiger partial charge in [-0.05, 0) is 53.0 Å². The highest BCUT2D eigenvalue weighted by atomic mass is 15.3. The fourth-order valence-electron chi connectivity index (χ4n) is 3.84. The minimum absolute atomic E-state index is 0.419. The Kier molecular flexibility index (Phi) is 4.86. The number of nitrogens with two attached hydrogens (primary N) is 1. The first-order valence-corrected chi connectivity index (χ1v) is 7.97. The molecule has 0 saturated heterocycles. The zero-order chi connectivity index (χ0) is 14.9. The minimum atomic E-state index is 0.419. The topological polar surface area (TPSA) is 47.1 Å². The molecule has 0 aliphatic heterocycles. The summed E-state index contributed by atoms with van der Waals surface area (Å²) in [4.78, 5) is 2.64. The predicted molar refractivity (Wildman–Crippen MR) is 83.7 cm³/mol. The van der Waals surface area contributed by atoms with E-state index >= 15 is 0 Å². The molecule has 0 amide bonds. The summed E-state index contributed by atoms with van der Waals surface area (Å²) >= 11 is 0. The van der Waals surface area contributed by atoms with Crippen LogP contribution in [0.3, 0.4) is 0 Å². The van der Waals surface area contributed by atoms with Crippen LogP contribution in [0.25, 0.3) is 0 Å². The summed E-state index contributed by atoms with van der Waals surface area (Å²) in [5.74, 6) is 0. The van der Waals surface area contributed by atoms with E-state index < -0.39 is 0 Å². The molecule has 20 heavy (non-hydrogen) atoms. The van der Waals surface area contributed by atoms with Crippen molar-refractivity contribution >= 4 is 0 Å². The van der Waals surface area contributed by atoms with Crippen LogP contribution in [0.5, 0.6) is 0 Å². The fraction of sp³-hybridized carbons (Fsp3) is 0.812. The molecule has 2 rings (SSSR count). The van der Waals surface area contributed by atoms with E-state index in [1.807, 2.05) is 11.7 Å². The second-order valence-corrected chi connectivity index (χ2v) is 6.28. The molecule has 1 heterocycles. The number of aromatic nitrogens is 2. The molecular weight excluding hydrogens is 248 g/mol. The van der Waals surface area contributed by atoms with Gasteiger partial charge in [-0.15, -0.1) is 0 Å². The van der Waals surface area contributed by atoms with Gasteiger partial charge in [0.1, 0.15) is 0 Å². The molecule has 4 nitrogen and oxygen atoms in total. The standard InChI is InChI=1S/C16H30N4/c1-6-20(15-9-7-14(17)8-10-15)13(4)16-11(2)18-19(5)12(16)3/h13-15H,6-10,17H2,1-5H3. The maximum atomic E-state index is 6.05. The van der Waals surface area contributed by atoms with Gasteiger partial charge >= 0.3 is 0 Å². The second kappa shape index (κ2) is 6.27. The van der Waals surface area contributed by atoms with Crippen molar-refractivity contribution in [3.63, 3.8) is 0 Å². The van der Waals surface area contributed by atoms with Crippen LogP contribution < -0.4 is 5.73 Å². The Morgan fingerprint density at radius 2 is 1.90 bits per heavy atom. The third-order valence-corrected chi connectivity index (χ3v) is 5.06. The van der Waals surface area contributed by atoms with Gasteiger partial charge in [-0.3, -0.25) is 9.58 Å². The number of aryl methyl sites for hydroxylation is 2. The Bertz CT molecular complexity index is 444. The van der Waals surface area contributed by atoms with Gasteiger partial charge in [0, 0.05) is 36.4 Å². The van der Waals surface area contributed by atoms with Gasteiger partial charge in [0.15, 0.2) is 0 Å². The third-order valence-electron chi connectivity index (χ3n) is 5.06. The molecule has 2 N–H and O–H groups in total. The average molecular weight is 278 g/mol. The Balaban J connectivity index is 2.18. The highest BCUT2D eigenvalue weighted by Crippen LogP contribution is 2.32. The van der Waals surface area contributed by atoms with Gasteiger partial charge in [0.05, 0.1) is 5.69 Å². The first-order chi connectivity index (χ1) is 9.45. The molecule has 1 aromatic heterocycles. The van der Waals surface area contributed by atoms with Crippen LogP contribution in [0.15, 0.2) is 0 Å². The smallest absolute Gasteiger partial charge is 0.0644 e. The quantitative estimate of drug-likeness (QED) is 0.921. The van der Waals surface area contributed by atoms with Crippen molar-refractivity contribution in [1.29, 1.82) is 0 Å². The van der Waals surface area contributed by atoms with Crippen LogP contribution in [0.2, 0.25) is 0 Å². The lowest BCUT2D eigenvalue weighted by molar-refractivity contribution is 0.114. The van der Waals surface area contributed by atoms with Crippen LogP contribution in [0.4, 0.5) is 0 Å². The van der Waals surface area contributed by atoms with Gasteiger partial charge in [0.2, 0.25) is 0 Å². The number of rotatable bonds is 4. The molecule has 1 atom stereocenters. The molecule has 0 spiro atoms. The summed E-state index contributed by atoms with van der Waals surface area (Å²) in [5.41, 5.74) is 9.91. The van der Waals surface area contributed by atoms with Crippen LogP contribution in [-0.2, 0) is 7.05 Å². The minimum Gasteiger partial charge on any atom is -0.328 e. The lowest BCUT2D eigenvalue weighted by Crippen LogP contribution is -2.42. The summed E-state index contributed by atoms with van der Waals surface area (Å²) in [6.45, 7) is 10.00. The highest BCUT2D eigenvalue weighted by Gasteiger charge is 2.29. The Labute approximate surface area is 123 Å². The van der Waals surface area contributed by atoms with Gasteiger partial charge in [-0.25, -0.2) is 0 Å². The summed E-state index contributed by atoms with van der Waals surface area (Å²) < 4.78 is 2.01. The Hall–Kier alpha value is -0.870. The maximum absolute atomic E-state index is 6.05. The van der Waals surface area contributed by atoms with Crippen LogP contribution in [-0.4, -0.2) is 33.3 Å². The number of hydrogen-bond acceptors (Lipinski definition) is 3. The summed E-state index contributed by atoms with van der Waals surface area (Å²) in [7, 11) is 2.04. The zero-order valence-electron chi connectivity index (χ0n) is 13.7. The van der Waals surface area contributed by atoms with E-state index in [0.29, 0.717) is 18.1 Å². The molecule has 0 aromatic carbocycles. The zero-order valence-corrected chi connectivity index (χ0v) is 13.7. The highest BCUT2D eigenvalue weighted by molar-refractivity contribution is 5.28. The summed E-state index contributed by atoms with van der Waals surface area (Å²) in [6.07, 6.45) is 4.80. The van der Waals surface area contributed by atoms with Crippen molar-refractivity contribution in [2.24, 2.45) is 12.8 Å². The van der Waals surface area contributed by atoms with Crippen molar-refractivity contribution in [3.8, 4) is 0 Å². The van der Waals surface area contributed by atoms with E-state index in [4.69, 9.17) is 5.73 Å². The Morgan fingerprint density at radius 3 is 2.35 bits per heavy atom. The molecular formula is C16H30N4. The average Bonchev–Trinajstić information content (AvgIpc) is 2.66. The van der Waals surface area contributed by atoms with E-state index in [-0.39, 0.29) is 0 Å². The SMILES string of the molecule is CCN(C1CCC(N)CC1)C(C)c1c(C)nn(C)c1C. The molecule has 0 radical (unpaired) electrons. The van der Waals surface area contributed by atoms with Gasteiger partial charge < -0.3 is 5.73 Å². The van der Waals surface area contributed by atoms with Crippen LogP contribution >= 0.6 is 0 Å². The molecule has 1 aromatic rings. The molecule has 1 aliphatic carbocycles. The molecule has 0 bridgehead atoms. The molecule has 4 heteroatoms. The van der Waals surface area contributed by atoms with E-state index in [1.165, 1.54) is 42.6 Å². The second-order valence-electron chi connectivity index (χ2n) is 6.28. The van der Waals surface area contributed by atoms with E-state index in [2.05, 4.69) is 37.7 Å². The Morgan fingerprint density at radius 1 is 1.30 bits per heavy atom. The maximum Gasteiger partial charge on any atom is 0.0644 e. The lowest BCUT2D eigenvalue weighted by Gasteiger charge is -2.39. The molecule has 1 fully saturated rings. The monoisotopic (exact) mass is 278 g/mol. The van der Waals surface area contributed by atoms with Crippen molar-refractivity contribution in [1.82, 2.24) is 14.7 Å².